The summed E-state index contributed by atoms with van der Waals surface area (Å²) in [7, 11) is 1.53. The Kier molecular flexibility index (Phi) is 5.10. The number of Topliss-reactive ketones (excluding diaryl/α,β-unsaturated/α-hetero) is 1. The molecule has 4 aromatic rings. The number of anilines is 1. The second-order valence-corrected chi connectivity index (χ2v) is 8.34. The van der Waals surface area contributed by atoms with Crippen LogP contribution < -0.4 is 9.64 Å². The highest BCUT2D eigenvalue weighted by Gasteiger charge is 2.46. The second kappa shape index (κ2) is 8.12. The maximum Gasteiger partial charge on any atom is 0.296 e. The van der Waals surface area contributed by atoms with Gasteiger partial charge >= 0.3 is 0 Å². The van der Waals surface area contributed by atoms with E-state index in [9.17, 15) is 24.8 Å². The molecule has 3 heterocycles. The molecule has 0 spiro atoms. The van der Waals surface area contributed by atoms with Crippen LogP contribution in [0.15, 0.2) is 76.6 Å². The summed E-state index contributed by atoms with van der Waals surface area (Å²) in [6, 6.07) is 12.5. The molecule has 2 aromatic heterocycles. The molecule has 1 atom stereocenters. The maximum absolute atomic E-state index is 13.2. The summed E-state index contributed by atoms with van der Waals surface area (Å²) < 4.78 is 11.1. The topological polar surface area (TPSA) is 136 Å². The smallest absolute Gasteiger partial charge is 0.296 e. The number of thiazole rings is 1. The number of hydrogen-bond donors (Lipinski definition) is 1. The SMILES string of the molecule is COc1ccc2nc(N3C(=O)C(O)=C(C(=O)c4ccco4)[C@@H]3c3cccc([N+](=O)[O-])c3)sc2c1. The monoisotopic (exact) mass is 477 g/mol. The second-order valence-electron chi connectivity index (χ2n) is 7.33. The fourth-order valence-corrected chi connectivity index (χ4v) is 4.84. The number of non-ortho nitro benzene ring substituents is 1. The highest BCUT2D eigenvalue weighted by Crippen LogP contribution is 2.45. The van der Waals surface area contributed by atoms with E-state index in [1.165, 1.54) is 48.6 Å². The van der Waals surface area contributed by atoms with Gasteiger partial charge in [-0.15, -0.1) is 0 Å². The zero-order valence-corrected chi connectivity index (χ0v) is 18.3. The molecule has 34 heavy (non-hydrogen) atoms. The van der Waals surface area contributed by atoms with Gasteiger partial charge in [-0.25, -0.2) is 4.98 Å². The van der Waals surface area contributed by atoms with Gasteiger partial charge < -0.3 is 14.3 Å². The Bertz CT molecular complexity index is 1490. The number of ketones is 1. The molecule has 170 valence electrons. The molecule has 2 aromatic carbocycles. The van der Waals surface area contributed by atoms with Gasteiger partial charge in [-0.05, 0) is 35.9 Å². The largest absolute Gasteiger partial charge is 0.503 e. The van der Waals surface area contributed by atoms with Crippen LogP contribution in [0.5, 0.6) is 5.75 Å². The van der Waals surface area contributed by atoms with Gasteiger partial charge in [0, 0.05) is 12.1 Å². The lowest BCUT2D eigenvalue weighted by Crippen LogP contribution is -2.31. The minimum atomic E-state index is -1.16. The van der Waals surface area contributed by atoms with Crippen LogP contribution in [0.3, 0.4) is 0 Å². The molecule has 10 nitrogen and oxygen atoms in total. The van der Waals surface area contributed by atoms with E-state index in [0.29, 0.717) is 16.0 Å². The third kappa shape index (κ3) is 3.39. The Morgan fingerprint density at radius 2 is 2.06 bits per heavy atom. The Hall–Kier alpha value is -4.51. The number of amides is 1. The van der Waals surface area contributed by atoms with Crippen LogP contribution in [0.25, 0.3) is 10.2 Å². The summed E-state index contributed by atoms with van der Waals surface area (Å²) in [5.74, 6) is -1.81. The number of ether oxygens (including phenoxy) is 1. The fraction of sp³-hybridized carbons (Fsp3) is 0.0870. The van der Waals surface area contributed by atoms with E-state index < -0.39 is 28.4 Å². The van der Waals surface area contributed by atoms with Crippen molar-refractivity contribution in [2.75, 3.05) is 12.0 Å². The van der Waals surface area contributed by atoms with Crippen molar-refractivity contribution in [3.05, 3.63) is 93.6 Å². The molecule has 0 bridgehead atoms. The molecule has 1 aliphatic rings. The van der Waals surface area contributed by atoms with Crippen LogP contribution in [0.1, 0.15) is 22.2 Å². The van der Waals surface area contributed by atoms with E-state index in [-0.39, 0.29) is 27.7 Å². The summed E-state index contributed by atoms with van der Waals surface area (Å²) in [5.41, 5.74) is 0.363. The van der Waals surface area contributed by atoms with Crippen molar-refractivity contribution in [3.63, 3.8) is 0 Å². The number of aromatic nitrogens is 1. The van der Waals surface area contributed by atoms with Crippen molar-refractivity contribution < 1.29 is 28.8 Å². The van der Waals surface area contributed by atoms with E-state index in [1.807, 2.05) is 0 Å². The first-order chi connectivity index (χ1) is 16.4. The summed E-state index contributed by atoms with van der Waals surface area (Å²) in [6.45, 7) is 0. The van der Waals surface area contributed by atoms with E-state index in [4.69, 9.17) is 9.15 Å². The number of fused-ring (bicyclic) bond motifs is 1. The number of hydrogen-bond acceptors (Lipinski definition) is 9. The van der Waals surface area contributed by atoms with E-state index in [0.717, 1.165) is 11.3 Å². The van der Waals surface area contributed by atoms with Gasteiger partial charge in [0.15, 0.2) is 16.7 Å². The molecule has 0 fully saturated rings. The van der Waals surface area contributed by atoms with Gasteiger partial charge in [0.25, 0.3) is 11.6 Å². The van der Waals surface area contributed by atoms with Crippen molar-refractivity contribution in [3.8, 4) is 5.75 Å². The van der Waals surface area contributed by atoms with E-state index in [1.54, 1.807) is 24.3 Å². The number of carbonyl (C=O) groups excluding carboxylic acids is 2. The summed E-state index contributed by atoms with van der Waals surface area (Å²) in [6.07, 6.45) is 1.29. The zero-order chi connectivity index (χ0) is 24.0. The van der Waals surface area contributed by atoms with Gasteiger partial charge in [-0.3, -0.25) is 24.6 Å². The molecule has 0 unspecified atom stereocenters. The van der Waals surface area contributed by atoms with Gasteiger partial charge in [0.2, 0.25) is 5.78 Å². The van der Waals surface area contributed by atoms with Crippen molar-refractivity contribution in [2.24, 2.45) is 0 Å². The molecular formula is C23H15N3O7S. The molecule has 5 rings (SSSR count). The van der Waals surface area contributed by atoms with Crippen LogP contribution in [-0.2, 0) is 4.79 Å². The first kappa shape index (κ1) is 21.3. The normalized spacial score (nSPS) is 15.9. The standard InChI is InChI=1S/C23H15N3O7S/c1-32-14-7-8-15-17(11-14)34-23(24-15)25-19(12-4-2-5-13(10-12)26(30)31)18(21(28)22(25)29)20(27)16-6-3-9-33-16/h2-11,19,28H,1H3/t19-/m0/s1. The minimum absolute atomic E-state index is 0.0827. The summed E-state index contributed by atoms with van der Waals surface area (Å²) in [5, 5.41) is 22.4. The van der Waals surface area contributed by atoms with E-state index >= 15 is 0 Å². The van der Waals surface area contributed by atoms with Crippen LogP contribution in [0, 0.1) is 10.1 Å². The first-order valence-corrected chi connectivity index (χ1v) is 10.7. The summed E-state index contributed by atoms with van der Waals surface area (Å²) in [4.78, 5) is 43.0. The maximum atomic E-state index is 13.2. The average molecular weight is 477 g/mol. The minimum Gasteiger partial charge on any atom is -0.503 e. The zero-order valence-electron chi connectivity index (χ0n) is 17.5. The molecule has 1 aliphatic heterocycles. The molecule has 11 heteroatoms. The molecule has 1 N–H and O–H groups in total. The van der Waals surface area contributed by atoms with Crippen molar-refractivity contribution in [1.29, 1.82) is 0 Å². The Balaban J connectivity index is 1.69. The van der Waals surface area contributed by atoms with Gasteiger partial charge in [0.05, 0.1) is 40.1 Å². The molecule has 1 amide bonds. The highest BCUT2D eigenvalue weighted by molar-refractivity contribution is 7.22. The molecule has 0 radical (unpaired) electrons. The lowest BCUT2D eigenvalue weighted by atomic mass is 9.95. The average Bonchev–Trinajstić information content (AvgIpc) is 3.57. The number of benzene rings is 2. The number of methoxy groups -OCH3 is 1. The quantitative estimate of drug-likeness (QED) is 0.242. The predicted octanol–water partition coefficient (Wildman–Crippen LogP) is 4.59. The number of furan rings is 1. The van der Waals surface area contributed by atoms with Crippen LogP contribution in [0.2, 0.25) is 0 Å². The van der Waals surface area contributed by atoms with E-state index in [2.05, 4.69) is 4.98 Å². The van der Waals surface area contributed by atoms with Gasteiger partial charge in [-0.1, -0.05) is 23.5 Å². The molecule has 0 saturated carbocycles. The third-order valence-corrected chi connectivity index (χ3v) is 6.40. The Morgan fingerprint density at radius 3 is 2.76 bits per heavy atom. The van der Waals surface area contributed by atoms with Crippen molar-refractivity contribution in [2.45, 2.75) is 6.04 Å². The first-order valence-electron chi connectivity index (χ1n) is 9.93. The number of aliphatic hydroxyl groups excluding tert-OH is 1. The number of carbonyl (C=O) groups is 2. The molecular weight excluding hydrogens is 462 g/mol. The van der Waals surface area contributed by atoms with Crippen molar-refractivity contribution >= 4 is 44.1 Å². The number of aliphatic hydroxyl groups is 1. The predicted molar refractivity (Wildman–Crippen MR) is 122 cm³/mol. The lowest BCUT2D eigenvalue weighted by Gasteiger charge is -2.24. The third-order valence-electron chi connectivity index (χ3n) is 5.38. The number of rotatable bonds is 6. The number of nitrogens with zero attached hydrogens (tertiary/aromatic N) is 3. The highest BCUT2D eigenvalue weighted by atomic mass is 32.1. The number of nitro benzene ring substituents is 1. The Labute approximate surface area is 195 Å². The van der Waals surface area contributed by atoms with Crippen LogP contribution >= 0.6 is 11.3 Å². The van der Waals surface area contributed by atoms with Gasteiger partial charge in [-0.2, -0.15) is 0 Å². The lowest BCUT2D eigenvalue weighted by molar-refractivity contribution is -0.384. The molecule has 0 saturated heterocycles. The molecule has 0 aliphatic carbocycles. The summed E-state index contributed by atoms with van der Waals surface area (Å²) >= 11 is 1.16. The van der Waals surface area contributed by atoms with Crippen LogP contribution in [-0.4, -0.2) is 33.8 Å². The van der Waals surface area contributed by atoms with Crippen LogP contribution in [0.4, 0.5) is 10.8 Å². The van der Waals surface area contributed by atoms with Gasteiger partial charge in [0.1, 0.15) is 5.75 Å². The fourth-order valence-electron chi connectivity index (χ4n) is 3.82. The number of nitro groups is 1. The van der Waals surface area contributed by atoms with Crippen molar-refractivity contribution in [1.82, 2.24) is 4.98 Å². The Morgan fingerprint density at radius 1 is 1.24 bits per heavy atom.